The molecule has 0 amide bonds. The first-order chi connectivity index (χ1) is 9.93. The molecule has 0 aromatic heterocycles. The lowest BCUT2D eigenvalue weighted by atomic mass is 9.64. The fraction of sp³-hybridized carbons (Fsp3) is 0.611. The van der Waals surface area contributed by atoms with Crippen LogP contribution in [0.5, 0.6) is 0 Å². The normalized spacial score (nSPS) is 23.4. The lowest BCUT2D eigenvalue weighted by Gasteiger charge is -2.52. The maximum Gasteiger partial charge on any atom is 0.0669 e. The zero-order valence-electron chi connectivity index (χ0n) is 13.5. The van der Waals surface area contributed by atoms with E-state index in [1.807, 2.05) is 12.1 Å². The summed E-state index contributed by atoms with van der Waals surface area (Å²) in [5.74, 6) is 0.584. The molecule has 3 nitrogen and oxygen atoms in total. The van der Waals surface area contributed by atoms with Gasteiger partial charge in [-0.05, 0) is 30.0 Å². The Balaban J connectivity index is 1.88. The first kappa shape index (κ1) is 15.9. The average molecular weight is 286 g/mol. The van der Waals surface area contributed by atoms with E-state index in [2.05, 4.69) is 51.2 Å². The van der Waals surface area contributed by atoms with Crippen LogP contribution in [0.15, 0.2) is 24.3 Å². The number of hydrogen-bond donors (Lipinski definition) is 1. The van der Waals surface area contributed by atoms with Crippen LogP contribution >= 0.6 is 0 Å². The van der Waals surface area contributed by atoms with Crippen molar-refractivity contribution < 1.29 is 4.74 Å². The molecule has 2 atom stereocenters. The molecule has 1 aliphatic rings. The first-order valence-corrected chi connectivity index (χ1v) is 7.77. The maximum absolute atomic E-state index is 8.69. The second-order valence-electron chi connectivity index (χ2n) is 7.00. The highest BCUT2D eigenvalue weighted by Crippen LogP contribution is 2.44. The number of nitriles is 1. The summed E-state index contributed by atoms with van der Waals surface area (Å²) in [6.45, 7) is 9.74. The minimum absolute atomic E-state index is 0.153. The predicted octanol–water partition coefficient (Wildman–Crippen LogP) is 4.00. The molecule has 0 radical (unpaired) electrons. The molecular weight excluding hydrogens is 260 g/mol. The highest BCUT2D eigenvalue weighted by Gasteiger charge is 2.49. The minimum Gasteiger partial charge on any atom is -0.382 e. The number of hydrogen-bond acceptors (Lipinski definition) is 3. The van der Waals surface area contributed by atoms with E-state index in [-0.39, 0.29) is 5.41 Å². The summed E-state index contributed by atoms with van der Waals surface area (Å²) in [5.41, 5.74) is 2.34. The van der Waals surface area contributed by atoms with Gasteiger partial charge in [-0.2, -0.15) is 5.26 Å². The quantitative estimate of drug-likeness (QED) is 0.859. The summed E-state index contributed by atoms with van der Waals surface area (Å²) in [7, 11) is 0. The van der Waals surface area contributed by atoms with Crippen LogP contribution in [0.1, 0.15) is 39.7 Å². The van der Waals surface area contributed by atoms with Crippen LogP contribution in [-0.2, 0) is 11.2 Å². The molecule has 1 saturated carbocycles. The first-order valence-electron chi connectivity index (χ1n) is 7.77. The van der Waals surface area contributed by atoms with Crippen molar-refractivity contribution in [3.63, 3.8) is 0 Å². The van der Waals surface area contributed by atoms with Gasteiger partial charge in [-0.25, -0.2) is 0 Å². The molecule has 21 heavy (non-hydrogen) atoms. The Morgan fingerprint density at radius 2 is 2.00 bits per heavy atom. The average Bonchev–Trinajstić information content (AvgIpc) is 2.43. The highest BCUT2D eigenvalue weighted by atomic mass is 16.5. The van der Waals surface area contributed by atoms with Crippen molar-refractivity contribution >= 4 is 5.69 Å². The van der Waals surface area contributed by atoms with Gasteiger partial charge in [0, 0.05) is 23.8 Å². The van der Waals surface area contributed by atoms with E-state index in [1.165, 1.54) is 0 Å². The number of nitrogens with zero attached hydrogens (tertiary/aromatic N) is 1. The fourth-order valence-electron chi connectivity index (χ4n) is 2.73. The van der Waals surface area contributed by atoms with Gasteiger partial charge in [0.25, 0.3) is 0 Å². The number of nitrogens with one attached hydrogen (secondary N) is 1. The molecular formula is C18H26N2O. The molecule has 1 aromatic carbocycles. The van der Waals surface area contributed by atoms with Crippen LogP contribution in [0.2, 0.25) is 0 Å². The number of ether oxygens (including phenoxy) is 1. The molecule has 1 aromatic rings. The van der Waals surface area contributed by atoms with Crippen molar-refractivity contribution in [1.29, 1.82) is 5.26 Å². The summed E-state index contributed by atoms with van der Waals surface area (Å²) >= 11 is 0. The second-order valence-corrected chi connectivity index (χ2v) is 7.00. The molecule has 2 unspecified atom stereocenters. The van der Waals surface area contributed by atoms with Crippen LogP contribution in [-0.4, -0.2) is 18.8 Å². The zero-order valence-corrected chi connectivity index (χ0v) is 13.5. The fourth-order valence-corrected chi connectivity index (χ4v) is 2.73. The van der Waals surface area contributed by atoms with E-state index in [9.17, 15) is 0 Å². The van der Waals surface area contributed by atoms with E-state index in [1.54, 1.807) is 0 Å². The molecule has 0 saturated heterocycles. The summed E-state index contributed by atoms with van der Waals surface area (Å²) in [4.78, 5) is 0. The monoisotopic (exact) mass is 286 g/mol. The van der Waals surface area contributed by atoms with Crippen LogP contribution in [0.3, 0.4) is 0 Å². The molecule has 0 aliphatic heterocycles. The van der Waals surface area contributed by atoms with Crippen molar-refractivity contribution in [3.8, 4) is 6.07 Å². The number of benzene rings is 1. The van der Waals surface area contributed by atoms with E-state index < -0.39 is 0 Å². The summed E-state index contributed by atoms with van der Waals surface area (Å²) in [5, 5.41) is 12.3. The van der Waals surface area contributed by atoms with Gasteiger partial charge in [0.2, 0.25) is 0 Å². The molecule has 1 aliphatic carbocycles. The van der Waals surface area contributed by atoms with Crippen LogP contribution in [0.4, 0.5) is 5.69 Å². The van der Waals surface area contributed by atoms with Gasteiger partial charge >= 0.3 is 0 Å². The third-order valence-electron chi connectivity index (χ3n) is 4.39. The molecule has 3 heteroatoms. The van der Waals surface area contributed by atoms with E-state index >= 15 is 0 Å². The van der Waals surface area contributed by atoms with Gasteiger partial charge in [-0.3, -0.25) is 0 Å². The summed E-state index contributed by atoms with van der Waals surface area (Å²) in [6, 6.07) is 10.8. The molecule has 1 fully saturated rings. The van der Waals surface area contributed by atoms with Crippen molar-refractivity contribution in [3.05, 3.63) is 29.8 Å². The smallest absolute Gasteiger partial charge is 0.0669 e. The third kappa shape index (κ3) is 3.77. The topological polar surface area (TPSA) is 45.0 Å². The van der Waals surface area contributed by atoms with Gasteiger partial charge in [0.15, 0.2) is 0 Å². The molecule has 0 spiro atoms. The van der Waals surface area contributed by atoms with Crippen LogP contribution < -0.4 is 5.32 Å². The molecule has 114 valence electrons. The predicted molar refractivity (Wildman–Crippen MR) is 86.1 cm³/mol. The lowest BCUT2D eigenvalue weighted by molar-refractivity contribution is -0.108. The largest absolute Gasteiger partial charge is 0.382 e. The maximum atomic E-state index is 8.69. The lowest BCUT2D eigenvalue weighted by Crippen LogP contribution is -2.58. The number of anilines is 1. The Morgan fingerprint density at radius 1 is 1.33 bits per heavy atom. The van der Waals surface area contributed by atoms with Crippen LogP contribution in [0, 0.1) is 22.7 Å². The highest BCUT2D eigenvalue weighted by molar-refractivity contribution is 5.47. The Morgan fingerprint density at radius 3 is 2.52 bits per heavy atom. The summed E-state index contributed by atoms with van der Waals surface area (Å²) < 4.78 is 6.00. The Bertz CT molecular complexity index is 499. The van der Waals surface area contributed by atoms with Crippen LogP contribution in [0.25, 0.3) is 0 Å². The standard InChI is InChI=1S/C18H26N2O/c1-13(2)12-21-17-11-16(18(17,3)4)20-15-7-5-14(6-8-15)9-10-19/h5-8,13,16-17,20H,9,11-12H2,1-4H3. The second kappa shape index (κ2) is 6.49. The zero-order chi connectivity index (χ0) is 15.5. The van der Waals surface area contributed by atoms with Crippen molar-refractivity contribution in [1.82, 2.24) is 0 Å². The Hall–Kier alpha value is -1.53. The third-order valence-corrected chi connectivity index (χ3v) is 4.39. The van der Waals surface area contributed by atoms with Crippen molar-refractivity contribution in [2.45, 2.75) is 52.7 Å². The van der Waals surface area contributed by atoms with Gasteiger partial charge in [0.1, 0.15) is 0 Å². The SMILES string of the molecule is CC(C)COC1CC(Nc2ccc(CC#N)cc2)C1(C)C. The van der Waals surface area contributed by atoms with Gasteiger partial charge < -0.3 is 10.1 Å². The van der Waals surface area contributed by atoms with E-state index in [4.69, 9.17) is 10.00 Å². The molecule has 0 heterocycles. The Kier molecular flexibility index (Phi) is 4.90. The molecule has 2 rings (SSSR count). The Labute approximate surface area is 128 Å². The number of rotatable bonds is 6. The van der Waals surface area contributed by atoms with E-state index in [0.717, 1.165) is 24.3 Å². The van der Waals surface area contributed by atoms with Crippen molar-refractivity contribution in [2.24, 2.45) is 11.3 Å². The van der Waals surface area contributed by atoms with Crippen molar-refractivity contribution in [2.75, 3.05) is 11.9 Å². The molecule has 1 N–H and O–H groups in total. The van der Waals surface area contributed by atoms with E-state index in [0.29, 0.717) is 24.5 Å². The summed E-state index contributed by atoms with van der Waals surface area (Å²) in [6.07, 6.45) is 1.87. The van der Waals surface area contributed by atoms with Gasteiger partial charge in [-0.15, -0.1) is 0 Å². The van der Waals surface area contributed by atoms with Gasteiger partial charge in [0.05, 0.1) is 18.6 Å². The molecule has 0 bridgehead atoms. The van der Waals surface area contributed by atoms with Gasteiger partial charge in [-0.1, -0.05) is 39.8 Å². The minimum atomic E-state index is 0.153.